The van der Waals surface area contributed by atoms with Crippen molar-refractivity contribution in [2.75, 3.05) is 0 Å². The van der Waals surface area contributed by atoms with Crippen LogP contribution in [0.2, 0.25) is 0 Å². The first-order valence-electron chi connectivity index (χ1n) is 11.5. The number of amides is 3. The topological polar surface area (TPSA) is 187 Å². The van der Waals surface area contributed by atoms with E-state index < -0.39 is 54.0 Å². The molecule has 0 fully saturated rings. The van der Waals surface area contributed by atoms with E-state index in [2.05, 4.69) is 20.9 Å². The van der Waals surface area contributed by atoms with E-state index in [0.717, 1.165) is 16.5 Å². The summed E-state index contributed by atoms with van der Waals surface area (Å²) in [6.07, 6.45) is 0.903. The second-order valence-corrected chi connectivity index (χ2v) is 9.16. The highest BCUT2D eigenvalue weighted by Gasteiger charge is 2.31. The molecule has 0 saturated heterocycles. The van der Waals surface area contributed by atoms with Gasteiger partial charge in [0.2, 0.25) is 17.7 Å². The minimum absolute atomic E-state index is 0.000286. The highest BCUT2D eigenvalue weighted by atomic mass is 16.4. The van der Waals surface area contributed by atoms with Crippen molar-refractivity contribution >= 4 is 34.6 Å². The molecule has 0 bridgehead atoms. The first-order chi connectivity index (χ1) is 16.4. The maximum atomic E-state index is 12.6. The predicted octanol–water partition coefficient (Wildman–Crippen LogP) is 0.0235. The average molecular weight is 490 g/mol. The fourth-order valence-corrected chi connectivity index (χ4v) is 3.65. The second-order valence-electron chi connectivity index (χ2n) is 9.16. The molecule has 1 heterocycles. The number of carbonyl (C=O) groups excluding carboxylic acids is 3. The average Bonchev–Trinajstić information content (AvgIpc) is 3.18. The quantitative estimate of drug-likeness (QED) is 0.219. The third-order valence-corrected chi connectivity index (χ3v) is 5.59. The Kier molecular flexibility index (Phi) is 9.78. The van der Waals surface area contributed by atoms with Crippen LogP contribution in [0.15, 0.2) is 30.5 Å². The molecule has 0 radical (unpaired) electrons. The van der Waals surface area contributed by atoms with Gasteiger partial charge in [0.15, 0.2) is 0 Å². The number of rotatable bonds is 12. The van der Waals surface area contributed by atoms with Crippen LogP contribution in [0, 0.1) is 5.92 Å². The molecule has 2 rings (SSSR count). The van der Waals surface area contributed by atoms with Crippen molar-refractivity contribution in [3.63, 3.8) is 0 Å². The van der Waals surface area contributed by atoms with E-state index in [4.69, 9.17) is 5.73 Å². The fourth-order valence-electron chi connectivity index (χ4n) is 3.65. The normalized spacial score (nSPS) is 15.6. The SMILES string of the molecule is CC(C)CC(NC(=O)C(NC(=O)C(C)NC(=O)C(N)Cc1c[nH]c2ccccc12)C(C)O)C(=O)O. The third-order valence-electron chi connectivity index (χ3n) is 5.59. The molecule has 11 heteroatoms. The second kappa shape index (κ2) is 12.3. The Bertz CT molecular complexity index is 1050. The van der Waals surface area contributed by atoms with Gasteiger partial charge < -0.3 is 36.9 Å². The van der Waals surface area contributed by atoms with Crippen molar-refractivity contribution in [2.24, 2.45) is 11.7 Å². The molecule has 2 aromatic rings. The van der Waals surface area contributed by atoms with E-state index in [9.17, 15) is 29.4 Å². The molecular weight excluding hydrogens is 454 g/mol. The van der Waals surface area contributed by atoms with Gasteiger partial charge in [-0.3, -0.25) is 14.4 Å². The zero-order valence-corrected chi connectivity index (χ0v) is 20.4. The highest BCUT2D eigenvalue weighted by Crippen LogP contribution is 2.18. The van der Waals surface area contributed by atoms with Crippen molar-refractivity contribution in [3.8, 4) is 0 Å². The summed E-state index contributed by atoms with van der Waals surface area (Å²) in [5.74, 6) is -3.34. The molecule has 3 amide bonds. The standard InChI is InChI=1S/C24H35N5O6/c1-12(2)9-19(24(34)35)28-23(33)20(14(4)30)29-21(31)13(3)27-22(32)17(25)10-15-11-26-18-8-6-5-7-16(15)18/h5-8,11-14,17,19-20,26,30H,9-10,25H2,1-4H3,(H,27,32)(H,28,33)(H,29,31)(H,34,35). The van der Waals surface area contributed by atoms with Gasteiger partial charge in [-0.05, 0) is 44.2 Å². The number of H-pyrrole nitrogens is 1. The smallest absolute Gasteiger partial charge is 0.326 e. The Morgan fingerprint density at radius 2 is 1.63 bits per heavy atom. The molecule has 1 aromatic heterocycles. The van der Waals surface area contributed by atoms with E-state index in [1.807, 2.05) is 38.1 Å². The number of hydrogen-bond donors (Lipinski definition) is 7. The maximum Gasteiger partial charge on any atom is 0.326 e. The molecule has 1 aromatic carbocycles. The molecule has 5 unspecified atom stereocenters. The van der Waals surface area contributed by atoms with Gasteiger partial charge in [-0.15, -0.1) is 0 Å². The lowest BCUT2D eigenvalue weighted by atomic mass is 10.0. The van der Waals surface area contributed by atoms with Crippen LogP contribution in [0.1, 0.15) is 39.7 Å². The number of aromatic nitrogens is 1. The van der Waals surface area contributed by atoms with Crippen LogP contribution in [0.5, 0.6) is 0 Å². The lowest BCUT2D eigenvalue weighted by molar-refractivity contribution is -0.143. The number of carboxylic acids is 1. The molecule has 0 aliphatic carbocycles. The highest BCUT2D eigenvalue weighted by molar-refractivity contribution is 5.94. The minimum Gasteiger partial charge on any atom is -0.480 e. The molecule has 5 atom stereocenters. The van der Waals surface area contributed by atoms with Crippen LogP contribution < -0.4 is 21.7 Å². The number of aliphatic hydroxyl groups is 1. The van der Waals surface area contributed by atoms with E-state index in [1.165, 1.54) is 13.8 Å². The number of aliphatic hydroxyl groups excluding tert-OH is 1. The van der Waals surface area contributed by atoms with Gasteiger partial charge in [0, 0.05) is 17.1 Å². The Hall–Kier alpha value is -3.44. The van der Waals surface area contributed by atoms with Crippen molar-refractivity contribution in [2.45, 2.75) is 70.8 Å². The molecule has 35 heavy (non-hydrogen) atoms. The van der Waals surface area contributed by atoms with E-state index >= 15 is 0 Å². The van der Waals surface area contributed by atoms with Crippen molar-refractivity contribution in [3.05, 3.63) is 36.0 Å². The van der Waals surface area contributed by atoms with E-state index in [0.29, 0.717) is 0 Å². The largest absolute Gasteiger partial charge is 0.480 e. The number of carboxylic acid groups (broad SMARTS) is 1. The van der Waals surface area contributed by atoms with Gasteiger partial charge in [-0.2, -0.15) is 0 Å². The molecule has 0 saturated carbocycles. The number of hydrogen-bond acceptors (Lipinski definition) is 6. The van der Waals surface area contributed by atoms with Gasteiger partial charge in [0.25, 0.3) is 0 Å². The number of fused-ring (bicyclic) bond motifs is 1. The Balaban J connectivity index is 1.97. The Labute approximate surface area is 203 Å². The number of benzene rings is 1. The maximum absolute atomic E-state index is 12.6. The summed E-state index contributed by atoms with van der Waals surface area (Å²) in [7, 11) is 0. The van der Waals surface area contributed by atoms with Gasteiger partial charge in [-0.1, -0.05) is 32.0 Å². The summed E-state index contributed by atoms with van der Waals surface area (Å²) in [6.45, 7) is 6.33. The summed E-state index contributed by atoms with van der Waals surface area (Å²) < 4.78 is 0. The summed E-state index contributed by atoms with van der Waals surface area (Å²) in [4.78, 5) is 52.4. The number of aromatic amines is 1. The molecule has 0 aliphatic rings. The van der Waals surface area contributed by atoms with E-state index in [-0.39, 0.29) is 18.8 Å². The number of aliphatic carboxylic acids is 1. The third kappa shape index (κ3) is 7.79. The van der Waals surface area contributed by atoms with Crippen molar-refractivity contribution < 1.29 is 29.4 Å². The molecule has 0 spiro atoms. The molecule has 8 N–H and O–H groups in total. The summed E-state index contributed by atoms with van der Waals surface area (Å²) in [6, 6.07) is 3.04. The lowest BCUT2D eigenvalue weighted by Crippen LogP contribution is -2.59. The predicted molar refractivity (Wildman–Crippen MR) is 130 cm³/mol. The summed E-state index contributed by atoms with van der Waals surface area (Å²) in [5.41, 5.74) is 7.83. The molecular formula is C24H35N5O6. The van der Waals surface area contributed by atoms with Crippen LogP contribution in [-0.2, 0) is 25.6 Å². The molecule has 0 aliphatic heterocycles. The van der Waals surface area contributed by atoms with Crippen LogP contribution in [0.3, 0.4) is 0 Å². The molecule has 192 valence electrons. The van der Waals surface area contributed by atoms with Crippen molar-refractivity contribution in [1.82, 2.24) is 20.9 Å². The number of para-hydroxylation sites is 1. The first-order valence-corrected chi connectivity index (χ1v) is 11.5. The minimum atomic E-state index is -1.41. The monoisotopic (exact) mass is 489 g/mol. The van der Waals surface area contributed by atoms with Gasteiger partial charge in [0.05, 0.1) is 12.1 Å². The first kappa shape index (κ1) is 27.8. The van der Waals surface area contributed by atoms with Crippen LogP contribution in [0.25, 0.3) is 10.9 Å². The summed E-state index contributed by atoms with van der Waals surface area (Å²) >= 11 is 0. The van der Waals surface area contributed by atoms with Gasteiger partial charge >= 0.3 is 5.97 Å². The molecule has 11 nitrogen and oxygen atoms in total. The zero-order chi connectivity index (χ0) is 26.3. The van der Waals surface area contributed by atoms with E-state index in [1.54, 1.807) is 6.20 Å². The number of nitrogens with one attached hydrogen (secondary N) is 4. The van der Waals surface area contributed by atoms with Crippen LogP contribution >= 0.6 is 0 Å². The Morgan fingerprint density at radius 3 is 2.23 bits per heavy atom. The Morgan fingerprint density at radius 1 is 0.971 bits per heavy atom. The van der Waals surface area contributed by atoms with Crippen LogP contribution in [-0.4, -0.2) is 69.2 Å². The summed E-state index contributed by atoms with van der Waals surface area (Å²) in [5, 5.41) is 27.5. The van der Waals surface area contributed by atoms with Gasteiger partial charge in [-0.25, -0.2) is 4.79 Å². The van der Waals surface area contributed by atoms with Gasteiger partial charge in [0.1, 0.15) is 18.1 Å². The lowest BCUT2D eigenvalue weighted by Gasteiger charge is -2.25. The number of carbonyl (C=O) groups is 4. The zero-order valence-electron chi connectivity index (χ0n) is 20.4. The van der Waals surface area contributed by atoms with Crippen molar-refractivity contribution in [1.29, 1.82) is 0 Å². The number of nitrogens with two attached hydrogens (primary N) is 1. The van der Waals surface area contributed by atoms with Crippen LogP contribution in [0.4, 0.5) is 0 Å². The fraction of sp³-hybridized carbons (Fsp3) is 0.500.